The molecule has 1 amide bonds. The van der Waals surface area contributed by atoms with E-state index in [0.29, 0.717) is 10.6 Å². The molecule has 0 heterocycles. The Labute approximate surface area is 135 Å². The zero-order chi connectivity index (χ0) is 15.4. The lowest BCUT2D eigenvalue weighted by Crippen LogP contribution is -2.17. The lowest BCUT2D eigenvalue weighted by atomic mass is 10.2. The van der Waals surface area contributed by atoms with Crippen molar-refractivity contribution >= 4 is 46.9 Å². The number of phenols is 1. The molecule has 2 aromatic rings. The summed E-state index contributed by atoms with van der Waals surface area (Å²) in [5, 5.41) is 14.3. The number of benzene rings is 2. The van der Waals surface area contributed by atoms with Gasteiger partial charge in [0.05, 0.1) is 21.8 Å². The molecule has 0 bridgehead atoms. The second kappa shape index (κ2) is 6.80. The number of hydrazone groups is 1. The fraction of sp³-hybridized carbons (Fsp3) is 0. The van der Waals surface area contributed by atoms with Crippen LogP contribution in [0.15, 0.2) is 41.5 Å². The van der Waals surface area contributed by atoms with Crippen LogP contribution < -0.4 is 5.43 Å². The van der Waals surface area contributed by atoms with E-state index in [2.05, 4.69) is 10.5 Å². The highest BCUT2D eigenvalue weighted by Crippen LogP contribution is 2.31. The van der Waals surface area contributed by atoms with Crippen molar-refractivity contribution in [2.75, 3.05) is 0 Å². The number of nitrogens with one attached hydrogen (secondary N) is 1. The molecule has 0 saturated heterocycles. The van der Waals surface area contributed by atoms with Gasteiger partial charge in [-0.25, -0.2) is 5.43 Å². The minimum atomic E-state index is -0.439. The predicted octanol–water partition coefficient (Wildman–Crippen LogP) is 4.12. The number of aromatic hydroxyl groups is 1. The van der Waals surface area contributed by atoms with Crippen LogP contribution in [-0.2, 0) is 0 Å². The van der Waals surface area contributed by atoms with Gasteiger partial charge in [-0.05, 0) is 30.3 Å². The standard InChI is InChI=1S/C14H9Cl3N2O2/c15-9-3-1-2-8(6-9)14(21)19-18-7-10-11(16)4-5-12(17)13(10)20/h1-7,20H,(H,19,21)/b18-7+. The molecular weight excluding hydrogens is 335 g/mol. The summed E-state index contributed by atoms with van der Waals surface area (Å²) in [6.45, 7) is 0. The van der Waals surface area contributed by atoms with Gasteiger partial charge in [0.2, 0.25) is 0 Å². The quantitative estimate of drug-likeness (QED) is 0.650. The minimum Gasteiger partial charge on any atom is -0.506 e. The van der Waals surface area contributed by atoms with Gasteiger partial charge in [0, 0.05) is 10.6 Å². The zero-order valence-corrected chi connectivity index (χ0v) is 12.7. The van der Waals surface area contributed by atoms with Gasteiger partial charge in [0.1, 0.15) is 5.75 Å². The molecule has 0 atom stereocenters. The third-order valence-electron chi connectivity index (χ3n) is 2.56. The molecule has 0 spiro atoms. The highest BCUT2D eigenvalue weighted by molar-refractivity contribution is 6.36. The second-order valence-corrected chi connectivity index (χ2v) is 5.25. The molecule has 108 valence electrons. The van der Waals surface area contributed by atoms with Crippen molar-refractivity contribution in [1.29, 1.82) is 0 Å². The summed E-state index contributed by atoms with van der Waals surface area (Å²) in [6.07, 6.45) is 1.21. The summed E-state index contributed by atoms with van der Waals surface area (Å²) in [5.41, 5.74) is 2.89. The van der Waals surface area contributed by atoms with Gasteiger partial charge < -0.3 is 5.11 Å². The SMILES string of the molecule is O=C(N/N=C/c1c(Cl)ccc(Cl)c1O)c1cccc(Cl)c1. The van der Waals surface area contributed by atoms with Crippen molar-refractivity contribution in [3.05, 3.63) is 62.6 Å². The van der Waals surface area contributed by atoms with Gasteiger partial charge in [-0.1, -0.05) is 40.9 Å². The molecule has 0 aliphatic heterocycles. The van der Waals surface area contributed by atoms with Gasteiger partial charge >= 0.3 is 0 Å². The molecule has 4 nitrogen and oxygen atoms in total. The smallest absolute Gasteiger partial charge is 0.271 e. The molecular formula is C14H9Cl3N2O2. The third kappa shape index (κ3) is 3.88. The number of nitrogens with zero attached hydrogens (tertiary/aromatic N) is 1. The molecule has 0 radical (unpaired) electrons. The molecule has 0 aliphatic carbocycles. The summed E-state index contributed by atoms with van der Waals surface area (Å²) >= 11 is 17.5. The molecule has 21 heavy (non-hydrogen) atoms. The number of carbonyl (C=O) groups is 1. The van der Waals surface area contributed by atoms with Crippen molar-refractivity contribution < 1.29 is 9.90 Å². The van der Waals surface area contributed by atoms with Crippen LogP contribution in [0.2, 0.25) is 15.1 Å². The molecule has 7 heteroatoms. The summed E-state index contributed by atoms with van der Waals surface area (Å²) in [6, 6.07) is 9.40. The first-order valence-electron chi connectivity index (χ1n) is 5.75. The number of carbonyl (C=O) groups excluding carboxylic acids is 1. The van der Waals surface area contributed by atoms with Gasteiger partial charge in [-0.3, -0.25) is 4.79 Å². The summed E-state index contributed by atoms with van der Waals surface area (Å²) in [5.74, 6) is -0.642. The minimum absolute atomic E-state index is 0.141. The molecule has 0 saturated carbocycles. The number of hydrogen-bond donors (Lipinski definition) is 2. The van der Waals surface area contributed by atoms with Crippen LogP contribution >= 0.6 is 34.8 Å². The van der Waals surface area contributed by atoms with Crippen LogP contribution in [0.5, 0.6) is 5.75 Å². The van der Waals surface area contributed by atoms with E-state index in [1.54, 1.807) is 18.2 Å². The first-order valence-corrected chi connectivity index (χ1v) is 6.88. The normalized spacial score (nSPS) is 10.8. The van der Waals surface area contributed by atoms with Gasteiger partial charge in [0.15, 0.2) is 0 Å². The topological polar surface area (TPSA) is 61.7 Å². The van der Waals surface area contributed by atoms with E-state index >= 15 is 0 Å². The number of rotatable bonds is 3. The number of phenolic OH excluding ortho intramolecular Hbond substituents is 1. The van der Waals surface area contributed by atoms with Crippen molar-refractivity contribution in [1.82, 2.24) is 5.43 Å². The molecule has 0 unspecified atom stereocenters. The summed E-state index contributed by atoms with van der Waals surface area (Å²) in [7, 11) is 0. The Morgan fingerprint density at radius 2 is 1.86 bits per heavy atom. The van der Waals surface area contributed by atoms with E-state index in [1.807, 2.05) is 0 Å². The van der Waals surface area contributed by atoms with Crippen LogP contribution in [0, 0.1) is 0 Å². The lowest BCUT2D eigenvalue weighted by Gasteiger charge is -2.04. The van der Waals surface area contributed by atoms with Crippen LogP contribution in [-0.4, -0.2) is 17.2 Å². The highest BCUT2D eigenvalue weighted by atomic mass is 35.5. The van der Waals surface area contributed by atoms with E-state index in [9.17, 15) is 9.90 Å². The van der Waals surface area contributed by atoms with Crippen LogP contribution in [0.4, 0.5) is 0 Å². The number of amides is 1. The Balaban J connectivity index is 2.13. The molecule has 2 rings (SSSR count). The average Bonchev–Trinajstić information content (AvgIpc) is 2.46. The Bertz CT molecular complexity index is 717. The maximum atomic E-state index is 11.8. The number of halogens is 3. The largest absolute Gasteiger partial charge is 0.506 e. The van der Waals surface area contributed by atoms with Crippen molar-refractivity contribution in [2.24, 2.45) is 5.10 Å². The molecule has 0 aromatic heterocycles. The Morgan fingerprint density at radius 1 is 1.14 bits per heavy atom. The van der Waals surface area contributed by atoms with Gasteiger partial charge in [0.25, 0.3) is 5.91 Å². The lowest BCUT2D eigenvalue weighted by molar-refractivity contribution is 0.0955. The van der Waals surface area contributed by atoms with E-state index in [1.165, 1.54) is 24.4 Å². The molecule has 0 aliphatic rings. The average molecular weight is 344 g/mol. The fourth-order valence-electron chi connectivity index (χ4n) is 1.53. The first kappa shape index (κ1) is 15.6. The molecule has 2 N–H and O–H groups in total. The monoisotopic (exact) mass is 342 g/mol. The van der Waals surface area contributed by atoms with E-state index in [0.717, 1.165) is 0 Å². The summed E-state index contributed by atoms with van der Waals surface area (Å²) < 4.78 is 0. The van der Waals surface area contributed by atoms with Gasteiger partial charge in [-0.15, -0.1) is 0 Å². The maximum absolute atomic E-state index is 11.8. The Morgan fingerprint density at radius 3 is 2.57 bits per heavy atom. The molecule has 2 aromatic carbocycles. The van der Waals surface area contributed by atoms with Crippen molar-refractivity contribution in [3.63, 3.8) is 0 Å². The van der Waals surface area contributed by atoms with Crippen molar-refractivity contribution in [2.45, 2.75) is 0 Å². The predicted molar refractivity (Wildman–Crippen MR) is 84.6 cm³/mol. The summed E-state index contributed by atoms with van der Waals surface area (Å²) in [4.78, 5) is 11.8. The van der Waals surface area contributed by atoms with Crippen LogP contribution in [0.3, 0.4) is 0 Å². The van der Waals surface area contributed by atoms with Gasteiger partial charge in [-0.2, -0.15) is 5.10 Å². The Hall–Kier alpha value is -1.75. The fourth-order valence-corrected chi connectivity index (χ4v) is 2.09. The van der Waals surface area contributed by atoms with E-state index in [4.69, 9.17) is 34.8 Å². The van der Waals surface area contributed by atoms with E-state index in [-0.39, 0.29) is 21.4 Å². The molecule has 0 fully saturated rings. The number of hydrogen-bond acceptors (Lipinski definition) is 3. The highest BCUT2D eigenvalue weighted by Gasteiger charge is 2.09. The van der Waals surface area contributed by atoms with Crippen LogP contribution in [0.1, 0.15) is 15.9 Å². The van der Waals surface area contributed by atoms with Crippen LogP contribution in [0.25, 0.3) is 0 Å². The maximum Gasteiger partial charge on any atom is 0.271 e. The van der Waals surface area contributed by atoms with Crippen molar-refractivity contribution in [3.8, 4) is 5.75 Å². The van der Waals surface area contributed by atoms with E-state index < -0.39 is 5.91 Å². The third-order valence-corrected chi connectivity index (χ3v) is 3.43. The zero-order valence-electron chi connectivity index (χ0n) is 10.5. The second-order valence-electron chi connectivity index (χ2n) is 4.00. The first-order chi connectivity index (χ1) is 9.99. The Kier molecular flexibility index (Phi) is 5.07.